The minimum Gasteiger partial charge on any atom is -0.508 e. The van der Waals surface area contributed by atoms with E-state index in [-0.39, 0.29) is 24.2 Å². The molecule has 3 atom stereocenters. The average molecular weight is 505 g/mol. The fraction of sp³-hybridized carbons (Fsp3) is 0.615. The molecule has 0 spiro atoms. The molecule has 1 aromatic carbocycles. The number of hydrogen-bond donors (Lipinski definition) is 2. The van der Waals surface area contributed by atoms with Gasteiger partial charge < -0.3 is 15.1 Å². The van der Waals surface area contributed by atoms with E-state index in [0.29, 0.717) is 38.3 Å². The SMILES string of the molecule is O=C(Cn1ccc(C(F)(F)F)n1)N1CC[C@]23CCN(CC4CC4)[C@H](Cc4ccc(O)cc42)[C@]3(O)CC1. The lowest BCUT2D eigenvalue weighted by Gasteiger charge is -2.61. The Morgan fingerprint density at radius 2 is 1.86 bits per heavy atom. The van der Waals surface area contributed by atoms with Crippen LogP contribution in [0.15, 0.2) is 30.5 Å². The van der Waals surface area contributed by atoms with Gasteiger partial charge in [-0.15, -0.1) is 0 Å². The molecule has 10 heteroatoms. The minimum atomic E-state index is -4.56. The lowest BCUT2D eigenvalue weighted by atomic mass is 9.52. The van der Waals surface area contributed by atoms with Crippen molar-refractivity contribution in [3.8, 4) is 5.75 Å². The van der Waals surface area contributed by atoms with Crippen LogP contribution in [0.2, 0.25) is 0 Å². The molecular formula is C26H31F3N4O3. The van der Waals surface area contributed by atoms with Crippen LogP contribution in [0, 0.1) is 5.92 Å². The number of carbonyl (C=O) groups is 1. The summed E-state index contributed by atoms with van der Waals surface area (Å²) in [7, 11) is 0. The van der Waals surface area contributed by atoms with E-state index in [2.05, 4.69) is 10.00 Å². The van der Waals surface area contributed by atoms with Crippen LogP contribution in [0.5, 0.6) is 5.75 Å². The fourth-order valence-electron chi connectivity index (χ4n) is 6.95. The van der Waals surface area contributed by atoms with Crippen molar-refractivity contribution in [1.82, 2.24) is 19.6 Å². The van der Waals surface area contributed by atoms with E-state index in [0.717, 1.165) is 41.4 Å². The molecule has 2 aliphatic heterocycles. The van der Waals surface area contributed by atoms with Gasteiger partial charge in [-0.25, -0.2) is 0 Å². The first-order chi connectivity index (χ1) is 17.1. The Hall–Kier alpha value is -2.59. The molecule has 2 bridgehead atoms. The Kier molecular flexibility index (Phi) is 5.42. The quantitative estimate of drug-likeness (QED) is 0.669. The molecule has 3 fully saturated rings. The summed E-state index contributed by atoms with van der Waals surface area (Å²) >= 11 is 0. The van der Waals surface area contributed by atoms with Crippen molar-refractivity contribution >= 4 is 5.91 Å². The summed E-state index contributed by atoms with van der Waals surface area (Å²) in [4.78, 5) is 17.2. The van der Waals surface area contributed by atoms with Crippen molar-refractivity contribution in [3.05, 3.63) is 47.3 Å². The molecule has 3 heterocycles. The number of piperidine rings is 1. The van der Waals surface area contributed by atoms with Gasteiger partial charge in [0.1, 0.15) is 12.3 Å². The van der Waals surface area contributed by atoms with Crippen molar-refractivity contribution in [2.24, 2.45) is 5.92 Å². The molecule has 4 aliphatic rings. The molecule has 1 amide bonds. The van der Waals surface area contributed by atoms with Gasteiger partial charge in [-0.3, -0.25) is 14.4 Å². The van der Waals surface area contributed by atoms with Gasteiger partial charge >= 0.3 is 6.18 Å². The molecule has 2 aromatic rings. The summed E-state index contributed by atoms with van der Waals surface area (Å²) in [5, 5.41) is 26.3. The molecule has 1 saturated carbocycles. The number of halogens is 3. The number of hydrogen-bond acceptors (Lipinski definition) is 5. The number of alkyl halides is 3. The first kappa shape index (κ1) is 23.8. The average Bonchev–Trinajstić information content (AvgIpc) is 3.54. The normalized spacial score (nSPS) is 30.4. The molecule has 36 heavy (non-hydrogen) atoms. The number of benzene rings is 1. The monoisotopic (exact) mass is 504 g/mol. The number of fused-ring (bicyclic) bond motifs is 1. The second kappa shape index (κ2) is 8.21. The van der Waals surface area contributed by atoms with Crippen LogP contribution in [0.25, 0.3) is 0 Å². The Labute approximate surface area is 207 Å². The number of aromatic nitrogens is 2. The topological polar surface area (TPSA) is 81.8 Å². The van der Waals surface area contributed by atoms with Crippen LogP contribution in [0.1, 0.15) is 48.9 Å². The number of phenolic OH excluding ortho intramolecular Hbond substituents is 1. The summed E-state index contributed by atoms with van der Waals surface area (Å²) in [6, 6.07) is 6.25. The number of carbonyl (C=O) groups excluding carboxylic acids is 1. The molecule has 2 aliphatic carbocycles. The van der Waals surface area contributed by atoms with E-state index in [1.165, 1.54) is 19.0 Å². The fourth-order valence-corrected chi connectivity index (χ4v) is 6.95. The highest BCUT2D eigenvalue weighted by Crippen LogP contribution is 2.56. The molecule has 1 aromatic heterocycles. The number of phenols is 1. The maximum absolute atomic E-state index is 13.1. The van der Waals surface area contributed by atoms with Gasteiger partial charge in [0.05, 0.1) is 5.60 Å². The molecule has 194 valence electrons. The predicted octanol–water partition coefficient (Wildman–Crippen LogP) is 2.94. The van der Waals surface area contributed by atoms with Crippen molar-refractivity contribution in [1.29, 1.82) is 0 Å². The van der Waals surface area contributed by atoms with Crippen LogP contribution >= 0.6 is 0 Å². The summed E-state index contributed by atoms with van der Waals surface area (Å²) in [5.41, 5.74) is -0.562. The molecule has 2 saturated heterocycles. The zero-order valence-electron chi connectivity index (χ0n) is 20.0. The number of likely N-dealkylation sites (tertiary alicyclic amines) is 2. The summed E-state index contributed by atoms with van der Waals surface area (Å²) in [6.07, 6.45) is 1.41. The highest BCUT2D eigenvalue weighted by molar-refractivity contribution is 5.76. The smallest absolute Gasteiger partial charge is 0.435 e. The molecule has 0 radical (unpaired) electrons. The van der Waals surface area contributed by atoms with Crippen LogP contribution in [0.4, 0.5) is 13.2 Å². The molecule has 7 nitrogen and oxygen atoms in total. The summed E-state index contributed by atoms with van der Waals surface area (Å²) < 4.78 is 39.8. The summed E-state index contributed by atoms with van der Waals surface area (Å²) in [5.74, 6) is 0.536. The third-order valence-corrected chi connectivity index (χ3v) is 9.01. The van der Waals surface area contributed by atoms with E-state index in [1.807, 2.05) is 6.07 Å². The van der Waals surface area contributed by atoms with E-state index in [9.17, 15) is 28.2 Å². The zero-order valence-corrected chi connectivity index (χ0v) is 20.0. The van der Waals surface area contributed by atoms with Crippen LogP contribution in [-0.4, -0.2) is 73.5 Å². The van der Waals surface area contributed by atoms with Crippen molar-refractivity contribution in [3.63, 3.8) is 0 Å². The van der Waals surface area contributed by atoms with Gasteiger partial charge in [-0.05, 0) is 80.3 Å². The number of amides is 1. The lowest BCUT2D eigenvalue weighted by Crippen LogP contribution is -2.71. The first-order valence-corrected chi connectivity index (χ1v) is 12.8. The highest BCUT2D eigenvalue weighted by Gasteiger charge is 2.63. The van der Waals surface area contributed by atoms with Gasteiger partial charge in [0.2, 0.25) is 5.91 Å². The second-order valence-corrected chi connectivity index (χ2v) is 11.0. The highest BCUT2D eigenvalue weighted by atomic mass is 19.4. The second-order valence-electron chi connectivity index (χ2n) is 11.0. The van der Waals surface area contributed by atoms with Crippen molar-refractivity contribution in [2.75, 3.05) is 26.2 Å². The third kappa shape index (κ3) is 3.80. The lowest BCUT2D eigenvalue weighted by molar-refractivity contribution is -0.149. The Balaban J connectivity index is 1.29. The Bertz CT molecular complexity index is 1180. The third-order valence-electron chi connectivity index (χ3n) is 9.01. The molecule has 6 rings (SSSR count). The van der Waals surface area contributed by atoms with E-state index in [1.54, 1.807) is 17.0 Å². The maximum Gasteiger partial charge on any atom is 0.435 e. The standard InChI is InChI=1S/C26H31F3N4O3/c27-26(28,29)21-5-9-33(30-21)16-23(35)31-10-6-24-7-11-32(15-17-1-2-17)22(25(24,36)8-12-31)13-18-3-4-19(34)14-20(18)24/h3-5,9,14,17,22,34,36H,1-2,6-8,10-13,15-16H2/t22-,24+,25-/m1/s1. The van der Waals surface area contributed by atoms with Gasteiger partial charge in [0, 0.05) is 37.3 Å². The zero-order chi connectivity index (χ0) is 25.3. The predicted molar refractivity (Wildman–Crippen MR) is 124 cm³/mol. The maximum atomic E-state index is 13.1. The number of nitrogens with zero attached hydrogens (tertiary/aromatic N) is 4. The Morgan fingerprint density at radius 3 is 2.58 bits per heavy atom. The van der Waals surface area contributed by atoms with E-state index >= 15 is 0 Å². The van der Waals surface area contributed by atoms with E-state index in [4.69, 9.17) is 0 Å². The van der Waals surface area contributed by atoms with Crippen molar-refractivity contribution in [2.45, 2.75) is 68.3 Å². The number of aliphatic hydroxyl groups is 1. The van der Waals surface area contributed by atoms with Gasteiger partial charge in [-0.1, -0.05) is 6.07 Å². The van der Waals surface area contributed by atoms with E-state index < -0.39 is 22.9 Å². The van der Waals surface area contributed by atoms with Crippen LogP contribution < -0.4 is 0 Å². The number of aromatic hydroxyl groups is 1. The first-order valence-electron chi connectivity index (χ1n) is 12.8. The summed E-state index contributed by atoms with van der Waals surface area (Å²) in [6.45, 7) is 2.27. The molecule has 0 unspecified atom stereocenters. The van der Waals surface area contributed by atoms with Gasteiger partial charge in [0.15, 0.2) is 5.69 Å². The minimum absolute atomic E-state index is 0.0700. The molecule has 2 N–H and O–H groups in total. The van der Waals surface area contributed by atoms with Crippen molar-refractivity contribution < 1.29 is 28.2 Å². The van der Waals surface area contributed by atoms with Crippen LogP contribution in [-0.2, 0) is 29.4 Å². The number of rotatable bonds is 4. The van der Waals surface area contributed by atoms with Crippen LogP contribution in [0.3, 0.4) is 0 Å². The largest absolute Gasteiger partial charge is 0.508 e. The molecular weight excluding hydrogens is 473 g/mol. The van der Waals surface area contributed by atoms with Gasteiger partial charge in [-0.2, -0.15) is 18.3 Å². The Morgan fingerprint density at radius 1 is 1.11 bits per heavy atom. The van der Waals surface area contributed by atoms with Gasteiger partial charge in [0.25, 0.3) is 0 Å².